The van der Waals surface area contributed by atoms with Crippen LogP contribution in [0.4, 0.5) is 17.5 Å². The highest BCUT2D eigenvalue weighted by molar-refractivity contribution is 5.81. The van der Waals surface area contributed by atoms with E-state index in [1.165, 1.54) is 0 Å². The van der Waals surface area contributed by atoms with Gasteiger partial charge in [0.15, 0.2) is 5.82 Å². The fraction of sp³-hybridized carbons (Fsp3) is 0.167. The molecule has 1 aromatic heterocycles. The molecule has 88 valence electrons. The average Bonchev–Trinajstić information content (AvgIpc) is 2.40. The molecule has 0 saturated heterocycles. The Kier molecular flexibility index (Phi) is 3.09. The minimum absolute atomic E-state index is 0.544. The van der Waals surface area contributed by atoms with E-state index in [9.17, 15) is 0 Å². The molecule has 5 nitrogen and oxygen atoms in total. The summed E-state index contributed by atoms with van der Waals surface area (Å²) in [5.74, 6) is 1.17. The molecule has 0 fully saturated rings. The SMILES string of the molecule is CNc1nc(NC)c(N)c(-c2ccccc2)n1. The van der Waals surface area contributed by atoms with Gasteiger partial charge < -0.3 is 16.4 Å². The van der Waals surface area contributed by atoms with E-state index in [2.05, 4.69) is 20.6 Å². The normalized spacial score (nSPS) is 10.0. The summed E-state index contributed by atoms with van der Waals surface area (Å²) in [6, 6.07) is 9.80. The van der Waals surface area contributed by atoms with Gasteiger partial charge in [-0.2, -0.15) is 4.98 Å². The largest absolute Gasteiger partial charge is 0.394 e. The zero-order chi connectivity index (χ0) is 12.3. The summed E-state index contributed by atoms with van der Waals surface area (Å²) in [5.41, 5.74) is 8.29. The number of rotatable bonds is 3. The molecule has 0 amide bonds. The van der Waals surface area contributed by atoms with Gasteiger partial charge >= 0.3 is 0 Å². The third kappa shape index (κ3) is 2.13. The molecule has 2 rings (SSSR count). The molecule has 1 aromatic carbocycles. The van der Waals surface area contributed by atoms with Crippen molar-refractivity contribution >= 4 is 17.5 Å². The molecule has 0 bridgehead atoms. The molecule has 5 heteroatoms. The van der Waals surface area contributed by atoms with Gasteiger partial charge in [0.1, 0.15) is 11.4 Å². The number of nitrogens with one attached hydrogen (secondary N) is 2. The van der Waals surface area contributed by atoms with E-state index < -0.39 is 0 Å². The summed E-state index contributed by atoms with van der Waals surface area (Å²) in [5, 5.41) is 5.89. The lowest BCUT2D eigenvalue weighted by Gasteiger charge is -2.11. The zero-order valence-electron chi connectivity index (χ0n) is 9.86. The number of hydrogen-bond acceptors (Lipinski definition) is 5. The lowest BCUT2D eigenvalue weighted by atomic mass is 10.1. The maximum absolute atomic E-state index is 6.03. The summed E-state index contributed by atoms with van der Waals surface area (Å²) >= 11 is 0. The van der Waals surface area contributed by atoms with Crippen molar-refractivity contribution in [3.63, 3.8) is 0 Å². The molecule has 0 aliphatic heterocycles. The zero-order valence-corrected chi connectivity index (χ0v) is 9.86. The highest BCUT2D eigenvalue weighted by Crippen LogP contribution is 2.29. The molecule has 2 aromatic rings. The van der Waals surface area contributed by atoms with Gasteiger partial charge in [-0.15, -0.1) is 0 Å². The summed E-state index contributed by atoms with van der Waals surface area (Å²) in [4.78, 5) is 8.62. The first-order chi connectivity index (χ1) is 8.26. The fourth-order valence-electron chi connectivity index (χ4n) is 1.59. The van der Waals surface area contributed by atoms with E-state index in [4.69, 9.17) is 5.73 Å². The Morgan fingerprint density at radius 3 is 2.29 bits per heavy atom. The van der Waals surface area contributed by atoms with Crippen LogP contribution in [-0.2, 0) is 0 Å². The number of anilines is 3. The highest BCUT2D eigenvalue weighted by Gasteiger charge is 2.11. The first-order valence-electron chi connectivity index (χ1n) is 5.34. The number of nitrogens with zero attached hydrogens (tertiary/aromatic N) is 2. The monoisotopic (exact) mass is 229 g/mol. The topological polar surface area (TPSA) is 75.9 Å². The van der Waals surface area contributed by atoms with Crippen LogP contribution >= 0.6 is 0 Å². The van der Waals surface area contributed by atoms with Crippen LogP contribution in [0.2, 0.25) is 0 Å². The van der Waals surface area contributed by atoms with E-state index in [-0.39, 0.29) is 0 Å². The summed E-state index contributed by atoms with van der Waals surface area (Å²) in [7, 11) is 3.56. The molecule has 0 aliphatic carbocycles. The Morgan fingerprint density at radius 2 is 1.71 bits per heavy atom. The Bertz CT molecular complexity index is 510. The Hall–Kier alpha value is -2.30. The van der Waals surface area contributed by atoms with Gasteiger partial charge in [0.25, 0.3) is 0 Å². The molecule has 0 saturated carbocycles. The molecule has 0 spiro atoms. The quantitative estimate of drug-likeness (QED) is 0.748. The van der Waals surface area contributed by atoms with Crippen LogP contribution in [0.5, 0.6) is 0 Å². The molecule has 4 N–H and O–H groups in total. The van der Waals surface area contributed by atoms with Gasteiger partial charge in [0.05, 0.1) is 0 Å². The van der Waals surface area contributed by atoms with Gasteiger partial charge in [-0.25, -0.2) is 4.98 Å². The number of nitrogen functional groups attached to an aromatic ring is 1. The highest BCUT2D eigenvalue weighted by atomic mass is 15.1. The van der Waals surface area contributed by atoms with Gasteiger partial charge in [-0.05, 0) is 0 Å². The molecule has 0 aliphatic rings. The van der Waals surface area contributed by atoms with Crippen molar-refractivity contribution in [3.8, 4) is 11.3 Å². The third-order valence-electron chi connectivity index (χ3n) is 2.45. The van der Waals surface area contributed by atoms with Crippen LogP contribution in [0, 0.1) is 0 Å². The summed E-state index contributed by atoms with van der Waals surface area (Å²) < 4.78 is 0. The Balaban J connectivity index is 2.60. The molecular weight excluding hydrogens is 214 g/mol. The van der Waals surface area contributed by atoms with Crippen molar-refractivity contribution in [1.82, 2.24) is 9.97 Å². The van der Waals surface area contributed by atoms with Crippen molar-refractivity contribution in [2.75, 3.05) is 30.5 Å². The average molecular weight is 229 g/mol. The number of aromatic nitrogens is 2. The fourth-order valence-corrected chi connectivity index (χ4v) is 1.59. The summed E-state index contributed by atoms with van der Waals surface area (Å²) in [6.45, 7) is 0. The van der Waals surface area contributed by atoms with E-state index in [0.29, 0.717) is 17.5 Å². The predicted octanol–water partition coefficient (Wildman–Crippen LogP) is 1.81. The maximum Gasteiger partial charge on any atom is 0.225 e. The van der Waals surface area contributed by atoms with Crippen molar-refractivity contribution in [2.24, 2.45) is 0 Å². The maximum atomic E-state index is 6.03. The van der Waals surface area contributed by atoms with Gasteiger partial charge in [-0.3, -0.25) is 0 Å². The van der Waals surface area contributed by atoms with E-state index in [0.717, 1.165) is 11.3 Å². The minimum atomic E-state index is 0.544. The van der Waals surface area contributed by atoms with Gasteiger partial charge in [0.2, 0.25) is 5.95 Å². The lowest BCUT2D eigenvalue weighted by molar-refractivity contribution is 1.15. The minimum Gasteiger partial charge on any atom is -0.394 e. The predicted molar refractivity (Wildman–Crippen MR) is 71.0 cm³/mol. The first kappa shape index (κ1) is 11.2. The number of nitrogens with two attached hydrogens (primary N) is 1. The molecule has 17 heavy (non-hydrogen) atoms. The van der Waals surface area contributed by atoms with Crippen molar-refractivity contribution in [1.29, 1.82) is 0 Å². The second-order valence-electron chi connectivity index (χ2n) is 3.52. The number of benzene rings is 1. The molecule has 0 radical (unpaired) electrons. The van der Waals surface area contributed by atoms with E-state index in [1.807, 2.05) is 30.3 Å². The van der Waals surface area contributed by atoms with E-state index in [1.54, 1.807) is 14.1 Å². The first-order valence-corrected chi connectivity index (χ1v) is 5.34. The van der Waals surface area contributed by atoms with Crippen LogP contribution in [0.15, 0.2) is 30.3 Å². The second kappa shape index (κ2) is 4.69. The van der Waals surface area contributed by atoms with Crippen molar-refractivity contribution in [3.05, 3.63) is 30.3 Å². The lowest BCUT2D eigenvalue weighted by Crippen LogP contribution is -2.06. The van der Waals surface area contributed by atoms with Crippen LogP contribution < -0.4 is 16.4 Å². The Morgan fingerprint density at radius 1 is 1.00 bits per heavy atom. The van der Waals surface area contributed by atoms with E-state index >= 15 is 0 Å². The number of hydrogen-bond donors (Lipinski definition) is 3. The summed E-state index contributed by atoms with van der Waals surface area (Å²) in [6.07, 6.45) is 0. The van der Waals surface area contributed by atoms with Crippen molar-refractivity contribution < 1.29 is 0 Å². The Labute approximate surface area is 100 Å². The van der Waals surface area contributed by atoms with Gasteiger partial charge in [0, 0.05) is 19.7 Å². The smallest absolute Gasteiger partial charge is 0.225 e. The van der Waals surface area contributed by atoms with Crippen molar-refractivity contribution in [2.45, 2.75) is 0 Å². The molecule has 0 atom stereocenters. The molecule has 0 unspecified atom stereocenters. The van der Waals surface area contributed by atoms with Crippen LogP contribution in [0.1, 0.15) is 0 Å². The standard InChI is InChI=1S/C12H15N5/c1-14-11-9(13)10(16-12(15-2)17-11)8-6-4-3-5-7-8/h3-7H,13H2,1-2H3,(H2,14,15,16,17). The molecular formula is C12H15N5. The van der Waals surface area contributed by atoms with Crippen LogP contribution in [0.25, 0.3) is 11.3 Å². The van der Waals surface area contributed by atoms with Crippen LogP contribution in [0.3, 0.4) is 0 Å². The van der Waals surface area contributed by atoms with Crippen LogP contribution in [-0.4, -0.2) is 24.1 Å². The van der Waals surface area contributed by atoms with Gasteiger partial charge in [-0.1, -0.05) is 30.3 Å². The second-order valence-corrected chi connectivity index (χ2v) is 3.52. The molecule has 1 heterocycles. The third-order valence-corrected chi connectivity index (χ3v) is 2.45.